The highest BCUT2D eigenvalue weighted by molar-refractivity contribution is 6.01. The first kappa shape index (κ1) is 14.8. The smallest absolute Gasteiger partial charge is 0.250 e. The lowest BCUT2D eigenvalue weighted by Crippen LogP contribution is -2.33. The summed E-state index contributed by atoms with van der Waals surface area (Å²) in [5.41, 5.74) is 1.94. The van der Waals surface area contributed by atoms with Gasteiger partial charge in [-0.15, -0.1) is 6.58 Å². The Morgan fingerprint density at radius 2 is 1.57 bits per heavy atom. The quantitative estimate of drug-likeness (QED) is 0.561. The van der Waals surface area contributed by atoms with Gasteiger partial charge in [0.1, 0.15) is 0 Å². The van der Waals surface area contributed by atoms with Crippen LogP contribution in [-0.4, -0.2) is 5.91 Å². The number of hydrogen-bond donors (Lipinski definition) is 0. The van der Waals surface area contributed by atoms with Crippen molar-refractivity contribution in [3.63, 3.8) is 0 Å². The second kappa shape index (κ2) is 7.25. The molecule has 0 fully saturated rings. The molecule has 0 saturated carbocycles. The molecule has 0 aliphatic carbocycles. The highest BCUT2D eigenvalue weighted by Gasteiger charge is 2.23. The van der Waals surface area contributed by atoms with Crippen molar-refractivity contribution in [3.05, 3.63) is 91.5 Å². The number of hydrogen-bond acceptors (Lipinski definition) is 1. The van der Waals surface area contributed by atoms with Gasteiger partial charge in [-0.25, -0.2) is 0 Å². The molecule has 2 aromatic carbocycles. The Hall–Kier alpha value is -2.61. The van der Waals surface area contributed by atoms with E-state index in [-0.39, 0.29) is 11.9 Å². The summed E-state index contributed by atoms with van der Waals surface area (Å²) in [6, 6.07) is 19.5. The molecule has 2 rings (SSSR count). The van der Waals surface area contributed by atoms with Crippen LogP contribution in [0.25, 0.3) is 0 Å². The number of para-hydroxylation sites is 1. The lowest BCUT2D eigenvalue weighted by Gasteiger charge is -2.31. The zero-order chi connectivity index (χ0) is 15.1. The standard InChI is InChI=1S/C19H19NO/c1-3-11-18(16-12-7-5-8-13-16)20(19(21)4-2)17-14-9-6-10-15-17/h3-10,12-15,18H,1-2,11H2. The van der Waals surface area contributed by atoms with Gasteiger partial charge in [-0.1, -0.05) is 61.2 Å². The average Bonchev–Trinajstić information content (AvgIpc) is 2.56. The number of anilines is 1. The summed E-state index contributed by atoms with van der Waals surface area (Å²) in [6.07, 6.45) is 3.87. The van der Waals surface area contributed by atoms with E-state index in [0.29, 0.717) is 6.42 Å². The minimum atomic E-state index is -0.114. The topological polar surface area (TPSA) is 20.3 Å². The van der Waals surface area contributed by atoms with Crippen LogP contribution in [0.4, 0.5) is 5.69 Å². The highest BCUT2D eigenvalue weighted by atomic mass is 16.2. The molecular formula is C19H19NO. The molecule has 1 atom stereocenters. The van der Waals surface area contributed by atoms with E-state index in [1.54, 1.807) is 4.90 Å². The van der Waals surface area contributed by atoms with Crippen molar-refractivity contribution in [2.45, 2.75) is 12.5 Å². The molecule has 2 aromatic rings. The normalized spacial score (nSPS) is 11.4. The molecule has 0 saturated heterocycles. The van der Waals surface area contributed by atoms with Gasteiger partial charge in [-0.3, -0.25) is 4.79 Å². The molecule has 1 unspecified atom stereocenters. The van der Waals surface area contributed by atoms with Crippen molar-refractivity contribution in [1.29, 1.82) is 0 Å². The van der Waals surface area contributed by atoms with Crippen molar-refractivity contribution in [3.8, 4) is 0 Å². The maximum absolute atomic E-state index is 12.4. The van der Waals surface area contributed by atoms with Crippen molar-refractivity contribution in [2.24, 2.45) is 0 Å². The molecular weight excluding hydrogens is 258 g/mol. The van der Waals surface area contributed by atoms with E-state index in [1.807, 2.05) is 66.7 Å². The maximum Gasteiger partial charge on any atom is 0.250 e. The molecule has 0 aliphatic heterocycles. The SMILES string of the molecule is C=CCC(c1ccccc1)N(C(=O)C=C)c1ccccc1. The molecule has 106 valence electrons. The predicted molar refractivity (Wildman–Crippen MR) is 88.1 cm³/mol. The summed E-state index contributed by atoms with van der Waals surface area (Å²) in [4.78, 5) is 14.1. The number of carbonyl (C=O) groups excluding carboxylic acids is 1. The van der Waals surface area contributed by atoms with Gasteiger partial charge in [0.05, 0.1) is 6.04 Å². The molecule has 0 aliphatic rings. The molecule has 0 spiro atoms. The Bertz CT molecular complexity index is 604. The van der Waals surface area contributed by atoms with Crippen LogP contribution in [0.5, 0.6) is 0 Å². The van der Waals surface area contributed by atoms with Crippen LogP contribution in [0.3, 0.4) is 0 Å². The minimum absolute atomic E-state index is 0.0865. The first-order valence-electron chi connectivity index (χ1n) is 6.94. The first-order chi connectivity index (χ1) is 10.3. The molecule has 2 heteroatoms. The third-order valence-electron chi connectivity index (χ3n) is 3.33. The van der Waals surface area contributed by atoms with Crippen LogP contribution in [0.2, 0.25) is 0 Å². The molecule has 0 aromatic heterocycles. The lowest BCUT2D eigenvalue weighted by atomic mass is 10.0. The van der Waals surface area contributed by atoms with Crippen LogP contribution in [0.1, 0.15) is 18.0 Å². The molecule has 0 N–H and O–H groups in total. The number of nitrogens with zero attached hydrogens (tertiary/aromatic N) is 1. The third-order valence-corrected chi connectivity index (χ3v) is 3.33. The summed E-state index contributed by atoms with van der Waals surface area (Å²) in [5.74, 6) is -0.114. The zero-order valence-corrected chi connectivity index (χ0v) is 12.0. The van der Waals surface area contributed by atoms with E-state index >= 15 is 0 Å². The molecule has 0 bridgehead atoms. The Labute approximate surface area is 126 Å². The van der Waals surface area contributed by atoms with E-state index in [1.165, 1.54) is 6.08 Å². The highest BCUT2D eigenvalue weighted by Crippen LogP contribution is 2.30. The first-order valence-corrected chi connectivity index (χ1v) is 6.94. The molecule has 0 heterocycles. The van der Waals surface area contributed by atoms with Crippen LogP contribution in [0, 0.1) is 0 Å². The fraction of sp³-hybridized carbons (Fsp3) is 0.105. The summed E-state index contributed by atoms with van der Waals surface area (Å²) in [7, 11) is 0. The van der Waals surface area contributed by atoms with E-state index in [0.717, 1.165) is 11.3 Å². The number of benzene rings is 2. The second-order valence-corrected chi connectivity index (χ2v) is 4.70. The van der Waals surface area contributed by atoms with Gasteiger partial charge in [-0.2, -0.15) is 0 Å². The van der Waals surface area contributed by atoms with Gasteiger partial charge in [-0.05, 0) is 30.2 Å². The van der Waals surface area contributed by atoms with Crippen LogP contribution < -0.4 is 4.90 Å². The summed E-state index contributed by atoms with van der Waals surface area (Å²) >= 11 is 0. The number of rotatable bonds is 6. The Morgan fingerprint density at radius 3 is 2.10 bits per heavy atom. The largest absolute Gasteiger partial charge is 0.301 e. The Morgan fingerprint density at radius 1 is 1.00 bits per heavy atom. The molecule has 1 amide bonds. The van der Waals surface area contributed by atoms with Gasteiger partial charge in [0.15, 0.2) is 0 Å². The average molecular weight is 277 g/mol. The third kappa shape index (κ3) is 3.48. The van der Waals surface area contributed by atoms with Crippen molar-refractivity contribution < 1.29 is 4.79 Å². The van der Waals surface area contributed by atoms with Gasteiger partial charge in [0.25, 0.3) is 5.91 Å². The predicted octanol–water partition coefficient (Wildman–Crippen LogP) is 4.52. The molecule has 21 heavy (non-hydrogen) atoms. The van der Waals surface area contributed by atoms with Crippen LogP contribution in [-0.2, 0) is 4.79 Å². The fourth-order valence-electron chi connectivity index (χ4n) is 2.37. The number of amides is 1. The van der Waals surface area contributed by atoms with Crippen LogP contribution >= 0.6 is 0 Å². The van der Waals surface area contributed by atoms with Crippen molar-refractivity contribution >= 4 is 11.6 Å². The second-order valence-electron chi connectivity index (χ2n) is 4.70. The van der Waals surface area contributed by atoms with Crippen LogP contribution in [0.15, 0.2) is 86.0 Å². The van der Waals surface area contributed by atoms with E-state index < -0.39 is 0 Å². The lowest BCUT2D eigenvalue weighted by molar-refractivity contribution is -0.114. The monoisotopic (exact) mass is 277 g/mol. The zero-order valence-electron chi connectivity index (χ0n) is 12.0. The summed E-state index contributed by atoms with van der Waals surface area (Å²) in [6.45, 7) is 7.45. The van der Waals surface area contributed by atoms with E-state index in [2.05, 4.69) is 13.2 Å². The van der Waals surface area contributed by atoms with Gasteiger partial charge in [0.2, 0.25) is 0 Å². The van der Waals surface area contributed by atoms with Crippen molar-refractivity contribution in [2.75, 3.05) is 4.90 Å². The number of carbonyl (C=O) groups is 1. The Kier molecular flexibility index (Phi) is 5.10. The summed E-state index contributed by atoms with van der Waals surface area (Å²) in [5, 5.41) is 0. The minimum Gasteiger partial charge on any atom is -0.301 e. The molecule has 0 radical (unpaired) electrons. The van der Waals surface area contributed by atoms with Crippen molar-refractivity contribution in [1.82, 2.24) is 0 Å². The van der Waals surface area contributed by atoms with Gasteiger partial charge < -0.3 is 4.90 Å². The maximum atomic E-state index is 12.4. The Balaban J connectivity index is 2.48. The van der Waals surface area contributed by atoms with E-state index in [9.17, 15) is 4.79 Å². The molecule has 2 nitrogen and oxygen atoms in total. The van der Waals surface area contributed by atoms with Gasteiger partial charge >= 0.3 is 0 Å². The van der Waals surface area contributed by atoms with E-state index in [4.69, 9.17) is 0 Å². The van der Waals surface area contributed by atoms with Gasteiger partial charge in [0, 0.05) is 5.69 Å². The summed E-state index contributed by atoms with van der Waals surface area (Å²) < 4.78 is 0. The fourth-order valence-corrected chi connectivity index (χ4v) is 2.37.